The van der Waals surface area contributed by atoms with Crippen molar-refractivity contribution in [2.24, 2.45) is 12.1 Å². The molecule has 134 valence electrons. The van der Waals surface area contributed by atoms with Gasteiger partial charge in [-0.25, -0.2) is 10.1 Å². The molecule has 0 aliphatic heterocycles. The van der Waals surface area contributed by atoms with Gasteiger partial charge in [-0.3, -0.25) is 9.89 Å². The normalized spacial score (nSPS) is 11.1. The molecule has 2 aromatic heterocycles. The summed E-state index contributed by atoms with van der Waals surface area (Å²) in [5.74, 6) is -0.284. The van der Waals surface area contributed by atoms with Gasteiger partial charge < -0.3 is 4.74 Å². The lowest BCUT2D eigenvalue weighted by atomic mass is 10.1. The highest BCUT2D eigenvalue weighted by Crippen LogP contribution is 2.21. The minimum absolute atomic E-state index is 0.219. The van der Waals surface area contributed by atoms with Crippen LogP contribution in [0, 0.1) is 12.9 Å². The molecule has 1 aromatic carbocycles. The molecule has 2 N–H and O–H groups in total. The molecule has 3 aromatic rings. The van der Waals surface area contributed by atoms with E-state index < -0.39 is 11.9 Å². The Morgan fingerprint density at radius 2 is 2.12 bits per heavy atom. The second kappa shape index (κ2) is 7.18. The zero-order chi connectivity index (χ0) is 18.7. The van der Waals surface area contributed by atoms with Gasteiger partial charge in [-0.05, 0) is 37.3 Å². The van der Waals surface area contributed by atoms with Gasteiger partial charge in [0.25, 0.3) is 5.91 Å². The van der Waals surface area contributed by atoms with E-state index in [9.17, 15) is 9.18 Å². The fraction of sp³-hybridized carbons (Fsp3) is 0.176. The van der Waals surface area contributed by atoms with Crippen LogP contribution in [-0.2, 0) is 7.05 Å². The zero-order valence-electron chi connectivity index (χ0n) is 14.4. The van der Waals surface area contributed by atoms with E-state index in [1.165, 1.54) is 13.3 Å². The first-order valence-electron chi connectivity index (χ1n) is 7.72. The molecule has 0 bridgehead atoms. The first kappa shape index (κ1) is 17.3. The quantitative estimate of drug-likeness (QED) is 0.540. The van der Waals surface area contributed by atoms with Gasteiger partial charge >= 0.3 is 0 Å². The number of ether oxygens (including phenoxy) is 1. The number of rotatable bonds is 5. The second-order valence-corrected chi connectivity index (χ2v) is 5.51. The third-order valence-corrected chi connectivity index (χ3v) is 3.76. The minimum atomic E-state index is -0.524. The molecule has 9 heteroatoms. The number of hydrazone groups is 1. The number of halogens is 1. The summed E-state index contributed by atoms with van der Waals surface area (Å²) in [5.41, 5.74) is 4.70. The molecule has 26 heavy (non-hydrogen) atoms. The summed E-state index contributed by atoms with van der Waals surface area (Å²) in [4.78, 5) is 12.1. The van der Waals surface area contributed by atoms with Crippen LogP contribution >= 0.6 is 0 Å². The predicted molar refractivity (Wildman–Crippen MR) is 93.5 cm³/mol. The molecular formula is C17H17FN6O2. The van der Waals surface area contributed by atoms with Crippen molar-refractivity contribution >= 4 is 12.1 Å². The molecule has 0 saturated carbocycles. The Labute approximate surface area is 148 Å². The molecule has 0 aliphatic carbocycles. The lowest BCUT2D eigenvalue weighted by Crippen LogP contribution is -2.18. The molecule has 0 fully saturated rings. The Morgan fingerprint density at radius 3 is 2.73 bits per heavy atom. The Kier molecular flexibility index (Phi) is 4.78. The molecule has 0 atom stereocenters. The zero-order valence-corrected chi connectivity index (χ0v) is 14.4. The van der Waals surface area contributed by atoms with Crippen molar-refractivity contribution in [2.45, 2.75) is 6.92 Å². The van der Waals surface area contributed by atoms with Crippen LogP contribution in [0.2, 0.25) is 0 Å². The number of carbonyl (C=O) groups excluding carboxylic acids is 1. The minimum Gasteiger partial charge on any atom is -0.497 e. The number of H-pyrrole nitrogens is 1. The maximum absolute atomic E-state index is 13.8. The van der Waals surface area contributed by atoms with Crippen molar-refractivity contribution < 1.29 is 13.9 Å². The summed E-state index contributed by atoms with van der Waals surface area (Å²) < 4.78 is 20.0. The highest BCUT2D eigenvalue weighted by molar-refractivity contribution is 5.94. The number of aryl methyl sites for hydroxylation is 2. The highest BCUT2D eigenvalue weighted by Gasteiger charge is 2.12. The van der Waals surface area contributed by atoms with Crippen LogP contribution < -0.4 is 10.2 Å². The second-order valence-electron chi connectivity index (χ2n) is 5.51. The van der Waals surface area contributed by atoms with Crippen molar-refractivity contribution in [3.63, 3.8) is 0 Å². The predicted octanol–water partition coefficient (Wildman–Crippen LogP) is 2.03. The number of hydrogen-bond acceptors (Lipinski definition) is 5. The summed E-state index contributed by atoms with van der Waals surface area (Å²) in [7, 11) is 3.08. The number of amides is 1. The van der Waals surface area contributed by atoms with Gasteiger partial charge in [-0.2, -0.15) is 19.7 Å². The summed E-state index contributed by atoms with van der Waals surface area (Å²) in [5, 5.41) is 14.5. The average Bonchev–Trinajstić information content (AvgIpc) is 3.22. The van der Waals surface area contributed by atoms with Crippen LogP contribution in [0.4, 0.5) is 4.39 Å². The van der Waals surface area contributed by atoms with Gasteiger partial charge in [0, 0.05) is 12.6 Å². The van der Waals surface area contributed by atoms with Crippen LogP contribution in [0.5, 0.6) is 5.75 Å². The van der Waals surface area contributed by atoms with Crippen molar-refractivity contribution in [1.82, 2.24) is 25.4 Å². The number of hydrogen-bond donors (Lipinski definition) is 2. The molecule has 3 rings (SSSR count). The number of carbonyl (C=O) groups is 1. The van der Waals surface area contributed by atoms with Crippen LogP contribution in [-0.4, -0.2) is 39.2 Å². The topological polar surface area (TPSA) is 97.2 Å². The van der Waals surface area contributed by atoms with Crippen molar-refractivity contribution in [3.05, 3.63) is 53.2 Å². The van der Waals surface area contributed by atoms with Crippen LogP contribution in [0.15, 0.2) is 35.4 Å². The largest absolute Gasteiger partial charge is 0.497 e. The van der Waals surface area contributed by atoms with E-state index in [0.29, 0.717) is 11.4 Å². The summed E-state index contributed by atoms with van der Waals surface area (Å²) in [6, 6.07) is 8.88. The van der Waals surface area contributed by atoms with E-state index in [-0.39, 0.29) is 11.3 Å². The van der Waals surface area contributed by atoms with Crippen LogP contribution in [0.25, 0.3) is 11.3 Å². The van der Waals surface area contributed by atoms with E-state index in [2.05, 4.69) is 25.8 Å². The van der Waals surface area contributed by atoms with Crippen molar-refractivity contribution in [3.8, 4) is 17.0 Å². The average molecular weight is 356 g/mol. The standard InChI is InChI=1S/C17H17FN6O2/c1-10-13(16(18)24(2)23-10)9-19-22-17(25)15-8-14(20-21-15)11-4-6-12(26-3)7-5-11/h4-9H,1-3H3,(H,20,21)(H,22,25)/b19-9-. The molecular weight excluding hydrogens is 339 g/mol. The SMILES string of the molecule is COc1ccc(-c2cc(C(=O)N/N=C\c3c(C)nn(C)c3F)[nH]n2)cc1. The third kappa shape index (κ3) is 3.46. The Hall–Kier alpha value is -3.49. The number of nitrogens with one attached hydrogen (secondary N) is 2. The summed E-state index contributed by atoms with van der Waals surface area (Å²) in [6.07, 6.45) is 1.22. The van der Waals surface area contributed by atoms with Gasteiger partial charge in [0.05, 0.1) is 30.3 Å². The van der Waals surface area contributed by atoms with E-state index in [0.717, 1.165) is 16.0 Å². The highest BCUT2D eigenvalue weighted by atomic mass is 19.1. The van der Waals surface area contributed by atoms with Gasteiger partial charge in [0.1, 0.15) is 11.4 Å². The van der Waals surface area contributed by atoms with E-state index in [4.69, 9.17) is 4.74 Å². The Morgan fingerprint density at radius 1 is 1.38 bits per heavy atom. The maximum atomic E-state index is 13.8. The fourth-order valence-electron chi connectivity index (χ4n) is 2.36. The number of aromatic amines is 1. The first-order chi connectivity index (χ1) is 12.5. The van der Waals surface area contributed by atoms with E-state index in [1.54, 1.807) is 32.2 Å². The van der Waals surface area contributed by atoms with Gasteiger partial charge in [-0.15, -0.1) is 0 Å². The maximum Gasteiger partial charge on any atom is 0.289 e. The Bertz CT molecular complexity index is 958. The molecule has 2 heterocycles. The number of aromatic nitrogens is 4. The molecule has 8 nitrogen and oxygen atoms in total. The molecule has 0 saturated heterocycles. The Balaban J connectivity index is 1.69. The molecule has 0 unspecified atom stereocenters. The smallest absolute Gasteiger partial charge is 0.289 e. The summed E-state index contributed by atoms with van der Waals surface area (Å²) >= 11 is 0. The number of methoxy groups -OCH3 is 1. The van der Waals surface area contributed by atoms with E-state index >= 15 is 0 Å². The van der Waals surface area contributed by atoms with Crippen molar-refractivity contribution in [1.29, 1.82) is 0 Å². The molecule has 1 amide bonds. The lowest BCUT2D eigenvalue weighted by molar-refractivity contribution is 0.0950. The fourth-order valence-corrected chi connectivity index (χ4v) is 2.36. The third-order valence-electron chi connectivity index (χ3n) is 3.76. The lowest BCUT2D eigenvalue weighted by Gasteiger charge is -2.00. The van der Waals surface area contributed by atoms with Gasteiger partial charge in [0.15, 0.2) is 0 Å². The number of nitrogens with zero attached hydrogens (tertiary/aromatic N) is 4. The van der Waals surface area contributed by atoms with Gasteiger partial charge in [-0.1, -0.05) is 0 Å². The molecule has 0 aliphatic rings. The molecule has 0 spiro atoms. The van der Waals surface area contributed by atoms with E-state index in [1.807, 2.05) is 12.1 Å². The monoisotopic (exact) mass is 356 g/mol. The first-order valence-corrected chi connectivity index (χ1v) is 7.72. The van der Waals surface area contributed by atoms with Crippen LogP contribution in [0.1, 0.15) is 21.7 Å². The van der Waals surface area contributed by atoms with Crippen molar-refractivity contribution in [2.75, 3.05) is 7.11 Å². The van der Waals surface area contributed by atoms with Gasteiger partial charge in [0.2, 0.25) is 5.95 Å². The van der Waals surface area contributed by atoms with Crippen LogP contribution in [0.3, 0.4) is 0 Å². The molecule has 0 radical (unpaired) electrons. The summed E-state index contributed by atoms with van der Waals surface area (Å²) in [6.45, 7) is 1.66. The number of benzene rings is 1.